The van der Waals surface area contributed by atoms with E-state index >= 15 is 0 Å². The smallest absolute Gasteiger partial charge is 0.160 e. The zero-order chi connectivity index (χ0) is 36.4. The molecule has 0 atom stereocenters. The second kappa shape index (κ2) is 12.5. The molecule has 1 aromatic heterocycles. The summed E-state index contributed by atoms with van der Waals surface area (Å²) in [5.41, 5.74) is 14.5. The standard InChI is InChI=1S/C50H36N2OSi/c1-32-27-44(35-17-11-6-12-18-35)51-50(39-22-26-48-43(31-39)42-29-37(34-15-9-5-10-16-34)21-25-47(42)54(48,2)3)52-49(32)38-20-24-46-41(30-38)40-28-36(19-23-45(40)53-46)33-13-7-4-8-14-33/h4-31H,1H2,2-3H3. The van der Waals surface area contributed by atoms with E-state index in [1.165, 1.54) is 38.2 Å². The van der Waals surface area contributed by atoms with E-state index in [4.69, 9.17) is 14.4 Å². The molecule has 0 amide bonds. The van der Waals surface area contributed by atoms with Crippen LogP contribution in [0.4, 0.5) is 0 Å². The molecule has 0 fully saturated rings. The lowest BCUT2D eigenvalue weighted by atomic mass is 9.97. The fourth-order valence-corrected chi connectivity index (χ4v) is 11.2. The van der Waals surface area contributed by atoms with Gasteiger partial charge >= 0.3 is 0 Å². The number of hydrogen-bond acceptors (Lipinski definition) is 3. The van der Waals surface area contributed by atoms with Crippen LogP contribution in [0.3, 0.4) is 0 Å². The van der Waals surface area contributed by atoms with E-state index in [0.717, 1.165) is 61.2 Å². The minimum absolute atomic E-state index is 0.664. The van der Waals surface area contributed by atoms with E-state index in [-0.39, 0.29) is 0 Å². The average Bonchev–Trinajstić information content (AvgIpc) is 3.62. The summed E-state index contributed by atoms with van der Waals surface area (Å²) in [6.45, 7) is 9.48. The van der Waals surface area contributed by atoms with Gasteiger partial charge in [-0.05, 0) is 97.9 Å². The molecule has 4 heteroatoms. The van der Waals surface area contributed by atoms with Crippen molar-refractivity contribution in [3.8, 4) is 33.4 Å². The summed E-state index contributed by atoms with van der Waals surface area (Å²) < 4.78 is 6.33. The van der Waals surface area contributed by atoms with Crippen molar-refractivity contribution in [3.63, 3.8) is 0 Å². The molecule has 0 radical (unpaired) electrons. The lowest BCUT2D eigenvalue weighted by molar-refractivity contribution is 0.669. The van der Waals surface area contributed by atoms with E-state index < -0.39 is 8.07 Å². The van der Waals surface area contributed by atoms with Gasteiger partial charge in [-0.15, -0.1) is 0 Å². The van der Waals surface area contributed by atoms with E-state index in [9.17, 15) is 0 Å². The summed E-state index contributed by atoms with van der Waals surface area (Å²) in [7, 11) is -1.91. The van der Waals surface area contributed by atoms with Gasteiger partial charge in [0.05, 0.1) is 11.4 Å². The van der Waals surface area contributed by atoms with Crippen LogP contribution in [0, 0.1) is 0 Å². The average molecular weight is 709 g/mol. The maximum atomic E-state index is 6.33. The van der Waals surface area contributed by atoms with Crippen LogP contribution in [0.2, 0.25) is 13.1 Å². The Hall–Kier alpha value is -6.62. The molecule has 3 heterocycles. The first-order valence-corrected chi connectivity index (χ1v) is 21.4. The quantitative estimate of drug-likeness (QED) is 0.164. The maximum absolute atomic E-state index is 6.33. The van der Waals surface area contributed by atoms with Gasteiger partial charge in [0, 0.05) is 27.5 Å². The van der Waals surface area contributed by atoms with Crippen LogP contribution in [0.15, 0.2) is 196 Å². The molecule has 0 saturated carbocycles. The van der Waals surface area contributed by atoms with E-state index in [2.05, 4.69) is 165 Å². The number of amidine groups is 1. The summed E-state index contributed by atoms with van der Waals surface area (Å²) in [4.78, 5) is 10.7. The normalized spacial score (nSPS) is 14.6. The molecule has 0 spiro atoms. The number of nitrogens with zero attached hydrogens (tertiary/aromatic N) is 2. The van der Waals surface area contributed by atoms with Gasteiger partial charge in [0.25, 0.3) is 0 Å². The van der Waals surface area contributed by atoms with Crippen LogP contribution in [0.5, 0.6) is 0 Å². The van der Waals surface area contributed by atoms with Crippen LogP contribution in [-0.2, 0) is 0 Å². The van der Waals surface area contributed by atoms with Crippen LogP contribution in [-0.4, -0.2) is 19.6 Å². The van der Waals surface area contributed by atoms with Gasteiger partial charge in [0.1, 0.15) is 19.2 Å². The topological polar surface area (TPSA) is 37.9 Å². The molecule has 0 N–H and O–H groups in total. The Balaban J connectivity index is 1.13. The highest BCUT2D eigenvalue weighted by atomic mass is 28.3. The highest BCUT2D eigenvalue weighted by Crippen LogP contribution is 2.36. The predicted octanol–water partition coefficient (Wildman–Crippen LogP) is 11.6. The molecular formula is C50H36N2OSi. The molecule has 0 unspecified atom stereocenters. The third-order valence-corrected chi connectivity index (χ3v) is 14.6. The summed E-state index contributed by atoms with van der Waals surface area (Å²) in [5.74, 6) is 0.664. The first-order valence-electron chi connectivity index (χ1n) is 18.4. The van der Waals surface area contributed by atoms with Crippen molar-refractivity contribution in [3.05, 3.63) is 199 Å². The molecule has 3 nitrogen and oxygen atoms in total. The Bertz CT molecular complexity index is 2900. The Morgan fingerprint density at radius 3 is 1.56 bits per heavy atom. The summed E-state index contributed by atoms with van der Waals surface area (Å²) >= 11 is 0. The number of furan rings is 1. The number of hydrogen-bond donors (Lipinski definition) is 0. The third-order valence-electron chi connectivity index (χ3n) is 11.0. The molecule has 2 aliphatic heterocycles. The van der Waals surface area contributed by atoms with Crippen molar-refractivity contribution in [1.29, 1.82) is 0 Å². The van der Waals surface area contributed by atoms with Crippen LogP contribution < -0.4 is 10.4 Å². The van der Waals surface area contributed by atoms with Crippen molar-refractivity contribution < 1.29 is 4.42 Å². The molecule has 54 heavy (non-hydrogen) atoms. The molecule has 0 bridgehead atoms. The van der Waals surface area contributed by atoms with Gasteiger partial charge in [-0.1, -0.05) is 141 Å². The van der Waals surface area contributed by atoms with Crippen molar-refractivity contribution in [1.82, 2.24) is 0 Å². The second-order valence-electron chi connectivity index (χ2n) is 14.7. The molecule has 7 aromatic carbocycles. The van der Waals surface area contributed by atoms with Gasteiger partial charge in [-0.2, -0.15) is 0 Å². The largest absolute Gasteiger partial charge is 0.456 e. The van der Waals surface area contributed by atoms with Gasteiger partial charge < -0.3 is 4.42 Å². The zero-order valence-electron chi connectivity index (χ0n) is 30.2. The summed E-state index contributed by atoms with van der Waals surface area (Å²) in [6.07, 6.45) is 2.07. The summed E-state index contributed by atoms with van der Waals surface area (Å²) in [5, 5.41) is 5.03. The molecule has 8 aromatic rings. The molecule has 0 saturated heterocycles. The molecule has 10 rings (SSSR count). The SMILES string of the molecule is C=C1C=C(c2ccccc2)N=C(c2ccc3c(c2)-c2cc(-c4ccccc4)ccc2[Si]3(C)C)N=C1c1ccc2oc3ccc(-c4ccccc4)cc3c2c1. The van der Waals surface area contributed by atoms with E-state index in [0.29, 0.717) is 5.84 Å². The van der Waals surface area contributed by atoms with Crippen LogP contribution in [0.25, 0.3) is 61.0 Å². The molecule has 2 aliphatic rings. The summed E-state index contributed by atoms with van der Waals surface area (Å²) in [6, 6.07) is 58.1. The lowest BCUT2D eigenvalue weighted by Crippen LogP contribution is -2.49. The van der Waals surface area contributed by atoms with Crippen molar-refractivity contribution >= 4 is 57.6 Å². The number of allylic oxidation sites excluding steroid dienone is 2. The third kappa shape index (κ3) is 5.34. The first kappa shape index (κ1) is 32.1. The minimum Gasteiger partial charge on any atom is -0.456 e. The number of aliphatic imine (C=N–C) groups is 2. The zero-order valence-corrected chi connectivity index (χ0v) is 31.2. The Morgan fingerprint density at radius 1 is 0.463 bits per heavy atom. The van der Waals surface area contributed by atoms with Crippen molar-refractivity contribution in [2.75, 3.05) is 0 Å². The van der Waals surface area contributed by atoms with Gasteiger partial charge in [-0.25, -0.2) is 9.98 Å². The van der Waals surface area contributed by atoms with Crippen molar-refractivity contribution in [2.45, 2.75) is 13.1 Å². The van der Waals surface area contributed by atoms with Gasteiger partial charge in [0.15, 0.2) is 5.84 Å². The van der Waals surface area contributed by atoms with Crippen molar-refractivity contribution in [2.24, 2.45) is 9.98 Å². The lowest BCUT2D eigenvalue weighted by Gasteiger charge is -2.19. The molecular weight excluding hydrogens is 673 g/mol. The molecule has 0 aliphatic carbocycles. The second-order valence-corrected chi connectivity index (χ2v) is 19.0. The first-order chi connectivity index (χ1) is 26.4. The fourth-order valence-electron chi connectivity index (χ4n) is 8.17. The number of benzene rings is 7. The van der Waals surface area contributed by atoms with Crippen LogP contribution >= 0.6 is 0 Å². The fraction of sp³-hybridized carbons (Fsp3) is 0.0400. The number of fused-ring (bicyclic) bond motifs is 6. The Kier molecular flexibility index (Phi) is 7.43. The maximum Gasteiger partial charge on any atom is 0.160 e. The van der Waals surface area contributed by atoms with E-state index in [1.807, 2.05) is 24.3 Å². The van der Waals surface area contributed by atoms with Gasteiger partial charge in [0.2, 0.25) is 0 Å². The Morgan fingerprint density at radius 2 is 0.944 bits per heavy atom. The minimum atomic E-state index is -1.91. The van der Waals surface area contributed by atoms with Gasteiger partial charge in [-0.3, -0.25) is 0 Å². The number of rotatable bonds is 5. The highest BCUT2D eigenvalue weighted by molar-refractivity contribution is 7.03. The van der Waals surface area contributed by atoms with E-state index in [1.54, 1.807) is 0 Å². The monoisotopic (exact) mass is 708 g/mol. The van der Waals surface area contributed by atoms with Crippen LogP contribution in [0.1, 0.15) is 16.7 Å². The molecule has 256 valence electrons. The Labute approximate surface area is 316 Å². The predicted molar refractivity (Wildman–Crippen MR) is 230 cm³/mol. The highest BCUT2D eigenvalue weighted by Gasteiger charge is 2.38.